The zero-order valence-corrected chi connectivity index (χ0v) is 13.0. The van der Waals surface area contributed by atoms with E-state index in [4.69, 9.17) is 11.6 Å². The summed E-state index contributed by atoms with van der Waals surface area (Å²) >= 11 is 5.56. The third kappa shape index (κ3) is 5.80. The minimum atomic E-state index is -0.588. The third-order valence-corrected chi connectivity index (χ3v) is 3.18. The van der Waals surface area contributed by atoms with E-state index >= 15 is 0 Å². The van der Waals surface area contributed by atoms with Crippen LogP contribution in [0.2, 0.25) is 0 Å². The molecular weight excluding hydrogens is 276 g/mol. The van der Waals surface area contributed by atoms with E-state index in [1.807, 2.05) is 39.0 Å². The lowest BCUT2D eigenvalue weighted by atomic mass is 10.1. The summed E-state index contributed by atoms with van der Waals surface area (Å²) in [5, 5.41) is 15.5. The number of aliphatic hydroxyl groups excluding tert-OH is 1. The van der Waals surface area contributed by atoms with Crippen LogP contribution in [0.25, 0.3) is 0 Å². The van der Waals surface area contributed by atoms with Gasteiger partial charge in [0.05, 0.1) is 12.0 Å². The topological polar surface area (TPSA) is 61.4 Å². The van der Waals surface area contributed by atoms with Crippen LogP contribution in [0.15, 0.2) is 18.2 Å². The molecule has 0 saturated heterocycles. The molecule has 5 heteroatoms. The SMILES string of the molecule is Cc1ccc(NC(=O)CC(C)C)cc1NCC(O)CCl. The Bertz CT molecular complexity index is 449. The van der Waals surface area contributed by atoms with E-state index in [-0.39, 0.29) is 11.8 Å². The standard InChI is InChI=1S/C15H23ClN2O2/c1-10(2)6-15(20)18-12-5-4-11(3)14(7-12)17-9-13(19)8-16/h4-5,7,10,13,17,19H,6,8-9H2,1-3H3,(H,18,20). The number of aryl methyl sites for hydroxylation is 1. The molecule has 1 atom stereocenters. The Balaban J connectivity index is 2.68. The van der Waals surface area contributed by atoms with Crippen LogP contribution in [0.4, 0.5) is 11.4 Å². The van der Waals surface area contributed by atoms with E-state index in [0.717, 1.165) is 16.9 Å². The summed E-state index contributed by atoms with van der Waals surface area (Å²) in [6.45, 7) is 6.37. The quantitative estimate of drug-likeness (QED) is 0.678. The van der Waals surface area contributed by atoms with Crippen molar-refractivity contribution in [3.8, 4) is 0 Å². The smallest absolute Gasteiger partial charge is 0.224 e. The van der Waals surface area contributed by atoms with Crippen LogP contribution in [0, 0.1) is 12.8 Å². The summed E-state index contributed by atoms with van der Waals surface area (Å²) in [5.41, 5.74) is 2.69. The van der Waals surface area contributed by atoms with Crippen molar-refractivity contribution in [2.75, 3.05) is 23.1 Å². The molecule has 0 bridgehead atoms. The van der Waals surface area contributed by atoms with Gasteiger partial charge in [-0.05, 0) is 30.5 Å². The fourth-order valence-corrected chi connectivity index (χ4v) is 1.86. The number of rotatable bonds is 7. The highest BCUT2D eigenvalue weighted by Gasteiger charge is 2.08. The molecule has 0 fully saturated rings. The fourth-order valence-electron chi connectivity index (χ4n) is 1.76. The van der Waals surface area contributed by atoms with Crippen molar-refractivity contribution in [3.05, 3.63) is 23.8 Å². The summed E-state index contributed by atoms with van der Waals surface area (Å²) < 4.78 is 0. The minimum Gasteiger partial charge on any atom is -0.390 e. The molecule has 0 aliphatic carbocycles. The van der Waals surface area contributed by atoms with E-state index in [0.29, 0.717) is 18.9 Å². The summed E-state index contributed by atoms with van der Waals surface area (Å²) in [6, 6.07) is 5.67. The van der Waals surface area contributed by atoms with E-state index in [1.165, 1.54) is 0 Å². The van der Waals surface area contributed by atoms with Gasteiger partial charge in [0.1, 0.15) is 0 Å². The van der Waals surface area contributed by atoms with Crippen molar-refractivity contribution in [1.29, 1.82) is 0 Å². The number of anilines is 2. The molecule has 1 aromatic carbocycles. The molecule has 0 aromatic heterocycles. The summed E-state index contributed by atoms with van der Waals surface area (Å²) in [4.78, 5) is 11.7. The van der Waals surface area contributed by atoms with Crippen LogP contribution in [0.1, 0.15) is 25.8 Å². The molecule has 0 heterocycles. The van der Waals surface area contributed by atoms with Crippen molar-refractivity contribution in [1.82, 2.24) is 0 Å². The van der Waals surface area contributed by atoms with Gasteiger partial charge in [0.25, 0.3) is 0 Å². The van der Waals surface area contributed by atoms with Crippen LogP contribution in [-0.2, 0) is 4.79 Å². The second-order valence-corrected chi connectivity index (χ2v) is 5.67. The molecule has 0 radical (unpaired) electrons. The highest BCUT2D eigenvalue weighted by Crippen LogP contribution is 2.20. The molecule has 0 saturated carbocycles. The zero-order valence-electron chi connectivity index (χ0n) is 12.2. The van der Waals surface area contributed by atoms with Gasteiger partial charge in [-0.2, -0.15) is 0 Å². The molecule has 0 spiro atoms. The second-order valence-electron chi connectivity index (χ2n) is 5.36. The third-order valence-electron chi connectivity index (χ3n) is 2.82. The number of nitrogens with one attached hydrogen (secondary N) is 2. The highest BCUT2D eigenvalue weighted by atomic mass is 35.5. The van der Waals surface area contributed by atoms with Crippen LogP contribution in [0.3, 0.4) is 0 Å². The summed E-state index contributed by atoms with van der Waals surface area (Å²) in [6.07, 6.45) is -0.0861. The summed E-state index contributed by atoms with van der Waals surface area (Å²) in [5.74, 6) is 0.532. The number of hydrogen-bond donors (Lipinski definition) is 3. The first kappa shape index (κ1) is 16.8. The Morgan fingerprint density at radius 2 is 2.10 bits per heavy atom. The number of carbonyl (C=O) groups is 1. The Hall–Kier alpha value is -1.26. The molecule has 0 aliphatic rings. The molecule has 0 aliphatic heterocycles. The van der Waals surface area contributed by atoms with Gasteiger partial charge in [0.15, 0.2) is 0 Å². The first-order valence-electron chi connectivity index (χ1n) is 6.80. The maximum absolute atomic E-state index is 11.7. The van der Waals surface area contributed by atoms with Crippen molar-refractivity contribution >= 4 is 28.9 Å². The molecule has 20 heavy (non-hydrogen) atoms. The lowest BCUT2D eigenvalue weighted by Gasteiger charge is -2.14. The first-order valence-corrected chi connectivity index (χ1v) is 7.34. The zero-order chi connectivity index (χ0) is 15.1. The van der Waals surface area contributed by atoms with Gasteiger partial charge in [0, 0.05) is 24.3 Å². The molecule has 3 N–H and O–H groups in total. The lowest BCUT2D eigenvalue weighted by Crippen LogP contribution is -2.21. The van der Waals surface area contributed by atoms with E-state index in [2.05, 4.69) is 10.6 Å². The molecule has 4 nitrogen and oxygen atoms in total. The Morgan fingerprint density at radius 3 is 2.70 bits per heavy atom. The largest absolute Gasteiger partial charge is 0.390 e. The maximum Gasteiger partial charge on any atom is 0.224 e. The van der Waals surface area contributed by atoms with Gasteiger partial charge < -0.3 is 15.7 Å². The Morgan fingerprint density at radius 1 is 1.40 bits per heavy atom. The Labute approximate surface area is 125 Å². The van der Waals surface area contributed by atoms with Crippen molar-refractivity contribution < 1.29 is 9.90 Å². The van der Waals surface area contributed by atoms with E-state index in [1.54, 1.807) is 0 Å². The molecule has 1 unspecified atom stereocenters. The Kier molecular flexibility index (Phi) is 6.82. The highest BCUT2D eigenvalue weighted by molar-refractivity contribution is 6.18. The van der Waals surface area contributed by atoms with Gasteiger partial charge in [-0.1, -0.05) is 19.9 Å². The minimum absolute atomic E-state index is 0.00981. The van der Waals surface area contributed by atoms with Gasteiger partial charge >= 0.3 is 0 Å². The van der Waals surface area contributed by atoms with E-state index < -0.39 is 6.10 Å². The lowest BCUT2D eigenvalue weighted by molar-refractivity contribution is -0.116. The normalized spacial score (nSPS) is 12.3. The number of benzene rings is 1. The van der Waals surface area contributed by atoms with Gasteiger partial charge in [0.2, 0.25) is 5.91 Å². The van der Waals surface area contributed by atoms with Crippen molar-refractivity contribution in [2.24, 2.45) is 5.92 Å². The van der Waals surface area contributed by atoms with Crippen LogP contribution < -0.4 is 10.6 Å². The average molecular weight is 299 g/mol. The second kappa shape index (κ2) is 8.12. The monoisotopic (exact) mass is 298 g/mol. The predicted molar refractivity (Wildman–Crippen MR) is 84.5 cm³/mol. The van der Waals surface area contributed by atoms with Gasteiger partial charge in [-0.25, -0.2) is 0 Å². The summed E-state index contributed by atoms with van der Waals surface area (Å²) in [7, 11) is 0. The van der Waals surface area contributed by atoms with Gasteiger partial charge in [-0.15, -0.1) is 11.6 Å². The van der Waals surface area contributed by atoms with Crippen molar-refractivity contribution in [3.63, 3.8) is 0 Å². The molecule has 1 amide bonds. The van der Waals surface area contributed by atoms with Gasteiger partial charge in [-0.3, -0.25) is 4.79 Å². The van der Waals surface area contributed by atoms with Crippen molar-refractivity contribution in [2.45, 2.75) is 33.3 Å². The van der Waals surface area contributed by atoms with Crippen LogP contribution in [0.5, 0.6) is 0 Å². The first-order chi connectivity index (χ1) is 9.42. The van der Waals surface area contributed by atoms with Crippen LogP contribution in [-0.4, -0.2) is 29.5 Å². The predicted octanol–water partition coefficient (Wildman–Crippen LogP) is 2.99. The number of alkyl halides is 1. The number of amides is 1. The molecule has 1 rings (SSSR count). The maximum atomic E-state index is 11.7. The average Bonchev–Trinajstić information content (AvgIpc) is 2.37. The number of aliphatic hydroxyl groups is 1. The molecular formula is C15H23ClN2O2. The number of hydrogen-bond acceptors (Lipinski definition) is 3. The fraction of sp³-hybridized carbons (Fsp3) is 0.533. The number of halogens is 1. The number of carbonyl (C=O) groups excluding carboxylic acids is 1. The molecule has 112 valence electrons. The van der Waals surface area contributed by atoms with E-state index in [9.17, 15) is 9.90 Å². The molecule has 1 aromatic rings. The van der Waals surface area contributed by atoms with Crippen LogP contribution >= 0.6 is 11.6 Å².